The number of aliphatic hydroxyl groups excluding tert-OH is 1. The van der Waals surface area contributed by atoms with Crippen molar-refractivity contribution in [1.82, 2.24) is 4.90 Å². The van der Waals surface area contributed by atoms with Gasteiger partial charge in [-0.15, -0.1) is 0 Å². The van der Waals surface area contributed by atoms with Crippen molar-refractivity contribution >= 4 is 11.6 Å². The molecule has 5 nitrogen and oxygen atoms in total. The standard InChI is InChI=1S/C20H24N2O3/c23-15-16-7-6-13-22(16)14-12-20(24)21-18-10-4-5-11-19(18)25-17-8-2-1-3-9-17/h1-5,8-11,16,23H,6-7,12-15H2,(H,21,24)/t16-/m0/s1. The Kier molecular flexibility index (Phi) is 6.04. The van der Waals surface area contributed by atoms with Crippen LogP contribution in [0.1, 0.15) is 19.3 Å². The lowest BCUT2D eigenvalue weighted by Gasteiger charge is -2.22. The molecule has 25 heavy (non-hydrogen) atoms. The van der Waals surface area contributed by atoms with Gasteiger partial charge in [-0.05, 0) is 43.7 Å². The van der Waals surface area contributed by atoms with Gasteiger partial charge in [-0.3, -0.25) is 9.69 Å². The molecule has 0 unspecified atom stereocenters. The Balaban J connectivity index is 1.58. The van der Waals surface area contributed by atoms with E-state index in [0.29, 0.717) is 24.4 Å². The smallest absolute Gasteiger partial charge is 0.225 e. The monoisotopic (exact) mass is 340 g/mol. The third-order valence-electron chi connectivity index (χ3n) is 4.47. The van der Waals surface area contributed by atoms with Crippen molar-refractivity contribution < 1.29 is 14.6 Å². The number of ether oxygens (including phenoxy) is 1. The van der Waals surface area contributed by atoms with Gasteiger partial charge in [-0.1, -0.05) is 30.3 Å². The summed E-state index contributed by atoms with van der Waals surface area (Å²) in [5, 5.41) is 12.3. The highest BCUT2D eigenvalue weighted by atomic mass is 16.5. The molecule has 2 aromatic rings. The number of benzene rings is 2. The van der Waals surface area contributed by atoms with Crippen LogP contribution in [-0.2, 0) is 4.79 Å². The molecular formula is C20H24N2O3. The molecule has 1 amide bonds. The molecule has 0 bridgehead atoms. The Morgan fingerprint density at radius 1 is 1.16 bits per heavy atom. The molecular weight excluding hydrogens is 316 g/mol. The summed E-state index contributed by atoms with van der Waals surface area (Å²) in [4.78, 5) is 14.5. The second kappa shape index (κ2) is 8.65. The molecule has 1 aliphatic rings. The highest BCUT2D eigenvalue weighted by Crippen LogP contribution is 2.29. The van der Waals surface area contributed by atoms with Gasteiger partial charge in [0.1, 0.15) is 5.75 Å². The molecule has 5 heteroatoms. The number of para-hydroxylation sites is 3. The quantitative estimate of drug-likeness (QED) is 0.812. The third kappa shape index (κ3) is 4.81. The van der Waals surface area contributed by atoms with E-state index in [1.807, 2.05) is 54.6 Å². The summed E-state index contributed by atoms with van der Waals surface area (Å²) in [6, 6.07) is 17.1. The molecule has 0 radical (unpaired) electrons. The molecule has 3 rings (SSSR count). The summed E-state index contributed by atoms with van der Waals surface area (Å²) < 4.78 is 5.86. The van der Waals surface area contributed by atoms with Crippen LogP contribution in [0.25, 0.3) is 0 Å². The van der Waals surface area contributed by atoms with E-state index in [1.165, 1.54) is 0 Å². The van der Waals surface area contributed by atoms with Crippen LogP contribution in [0.15, 0.2) is 54.6 Å². The normalized spacial score (nSPS) is 17.4. The molecule has 2 aromatic carbocycles. The van der Waals surface area contributed by atoms with Crippen molar-refractivity contribution in [3.05, 3.63) is 54.6 Å². The maximum absolute atomic E-state index is 12.3. The molecule has 0 spiro atoms. The van der Waals surface area contributed by atoms with E-state index in [4.69, 9.17) is 4.74 Å². The van der Waals surface area contributed by atoms with Crippen molar-refractivity contribution in [1.29, 1.82) is 0 Å². The van der Waals surface area contributed by atoms with Crippen molar-refractivity contribution in [3.8, 4) is 11.5 Å². The average Bonchev–Trinajstić information content (AvgIpc) is 3.10. The fraction of sp³-hybridized carbons (Fsp3) is 0.350. The second-order valence-electron chi connectivity index (χ2n) is 6.22. The number of rotatable bonds is 7. The molecule has 1 fully saturated rings. The number of amides is 1. The van der Waals surface area contributed by atoms with Crippen LogP contribution in [0.5, 0.6) is 11.5 Å². The average molecular weight is 340 g/mol. The second-order valence-corrected chi connectivity index (χ2v) is 6.22. The van der Waals surface area contributed by atoms with Crippen molar-refractivity contribution in [2.75, 3.05) is 25.0 Å². The highest BCUT2D eigenvalue weighted by molar-refractivity contribution is 5.92. The maximum Gasteiger partial charge on any atom is 0.225 e. The van der Waals surface area contributed by atoms with Crippen molar-refractivity contribution in [2.45, 2.75) is 25.3 Å². The lowest BCUT2D eigenvalue weighted by Crippen LogP contribution is -2.34. The Hall–Kier alpha value is -2.37. The molecule has 1 saturated heterocycles. The van der Waals surface area contributed by atoms with Crippen LogP contribution in [0.4, 0.5) is 5.69 Å². The van der Waals surface area contributed by atoms with Gasteiger partial charge >= 0.3 is 0 Å². The Labute approximate surface area is 148 Å². The summed E-state index contributed by atoms with van der Waals surface area (Å²) in [5.41, 5.74) is 0.663. The van der Waals surface area contributed by atoms with Crippen LogP contribution in [-0.4, -0.2) is 41.7 Å². The molecule has 132 valence electrons. The summed E-state index contributed by atoms with van der Waals surface area (Å²) >= 11 is 0. The number of carbonyl (C=O) groups excluding carboxylic acids is 1. The topological polar surface area (TPSA) is 61.8 Å². The van der Waals surface area contributed by atoms with Crippen LogP contribution in [0, 0.1) is 0 Å². The number of hydrogen-bond donors (Lipinski definition) is 2. The first-order valence-electron chi connectivity index (χ1n) is 8.73. The largest absolute Gasteiger partial charge is 0.455 e. The minimum atomic E-state index is -0.0484. The summed E-state index contributed by atoms with van der Waals surface area (Å²) in [6.45, 7) is 1.78. The van der Waals surface area contributed by atoms with Gasteiger partial charge in [0, 0.05) is 19.0 Å². The number of likely N-dealkylation sites (tertiary alicyclic amines) is 1. The number of nitrogens with zero attached hydrogens (tertiary/aromatic N) is 1. The number of nitrogens with one attached hydrogen (secondary N) is 1. The van der Waals surface area contributed by atoms with E-state index in [2.05, 4.69) is 10.2 Å². The fourth-order valence-electron chi connectivity index (χ4n) is 3.13. The number of hydrogen-bond acceptors (Lipinski definition) is 4. The zero-order chi connectivity index (χ0) is 17.5. The maximum atomic E-state index is 12.3. The predicted octanol–water partition coefficient (Wildman–Crippen LogP) is 3.26. The fourth-order valence-corrected chi connectivity index (χ4v) is 3.13. The molecule has 1 heterocycles. The van der Waals surface area contributed by atoms with E-state index in [1.54, 1.807) is 0 Å². The number of carbonyl (C=O) groups is 1. The summed E-state index contributed by atoms with van der Waals surface area (Å²) in [5.74, 6) is 1.30. The van der Waals surface area contributed by atoms with E-state index in [-0.39, 0.29) is 18.6 Å². The lowest BCUT2D eigenvalue weighted by molar-refractivity contribution is -0.116. The minimum absolute atomic E-state index is 0.0484. The summed E-state index contributed by atoms with van der Waals surface area (Å²) in [7, 11) is 0. The van der Waals surface area contributed by atoms with Gasteiger partial charge in [-0.25, -0.2) is 0 Å². The molecule has 0 saturated carbocycles. The number of anilines is 1. The molecule has 0 aliphatic carbocycles. The van der Waals surface area contributed by atoms with Gasteiger partial charge in [-0.2, -0.15) is 0 Å². The predicted molar refractivity (Wildman–Crippen MR) is 97.9 cm³/mol. The van der Waals surface area contributed by atoms with Gasteiger partial charge in [0.2, 0.25) is 5.91 Å². The van der Waals surface area contributed by atoms with E-state index >= 15 is 0 Å². The molecule has 0 aromatic heterocycles. The zero-order valence-corrected chi connectivity index (χ0v) is 14.2. The van der Waals surface area contributed by atoms with Crippen LogP contribution < -0.4 is 10.1 Å². The van der Waals surface area contributed by atoms with E-state index < -0.39 is 0 Å². The van der Waals surface area contributed by atoms with Crippen LogP contribution >= 0.6 is 0 Å². The Bertz CT molecular complexity index is 690. The van der Waals surface area contributed by atoms with E-state index in [9.17, 15) is 9.90 Å². The first-order valence-corrected chi connectivity index (χ1v) is 8.73. The van der Waals surface area contributed by atoms with Gasteiger partial charge in [0.05, 0.1) is 12.3 Å². The number of aliphatic hydroxyl groups is 1. The van der Waals surface area contributed by atoms with Crippen molar-refractivity contribution in [3.63, 3.8) is 0 Å². The SMILES string of the molecule is O=C(CCN1CCC[C@H]1CO)Nc1ccccc1Oc1ccccc1. The first-order chi connectivity index (χ1) is 12.3. The first kappa shape index (κ1) is 17.5. The Morgan fingerprint density at radius 2 is 1.92 bits per heavy atom. The molecule has 2 N–H and O–H groups in total. The zero-order valence-electron chi connectivity index (χ0n) is 14.2. The van der Waals surface area contributed by atoms with Crippen LogP contribution in [0.3, 0.4) is 0 Å². The minimum Gasteiger partial charge on any atom is -0.455 e. The van der Waals surface area contributed by atoms with Crippen LogP contribution in [0.2, 0.25) is 0 Å². The molecule has 1 atom stereocenters. The Morgan fingerprint density at radius 3 is 2.72 bits per heavy atom. The third-order valence-corrected chi connectivity index (χ3v) is 4.47. The van der Waals surface area contributed by atoms with Gasteiger partial charge in [0.25, 0.3) is 0 Å². The van der Waals surface area contributed by atoms with Gasteiger partial charge < -0.3 is 15.2 Å². The summed E-state index contributed by atoms with van der Waals surface area (Å²) in [6.07, 6.45) is 2.49. The molecule has 1 aliphatic heterocycles. The lowest BCUT2D eigenvalue weighted by atomic mass is 10.2. The highest BCUT2D eigenvalue weighted by Gasteiger charge is 2.23. The van der Waals surface area contributed by atoms with Crippen molar-refractivity contribution in [2.24, 2.45) is 0 Å². The van der Waals surface area contributed by atoms with E-state index in [0.717, 1.165) is 25.1 Å². The van der Waals surface area contributed by atoms with Gasteiger partial charge in [0.15, 0.2) is 5.75 Å².